The van der Waals surface area contributed by atoms with Crippen molar-refractivity contribution in [2.45, 2.75) is 44.8 Å². The summed E-state index contributed by atoms with van der Waals surface area (Å²) in [5.74, 6) is 3.09. The predicted octanol–water partition coefficient (Wildman–Crippen LogP) is 2.07. The van der Waals surface area contributed by atoms with Crippen molar-refractivity contribution in [1.29, 1.82) is 0 Å². The van der Waals surface area contributed by atoms with Crippen LogP contribution in [0.25, 0.3) is 0 Å². The van der Waals surface area contributed by atoms with Gasteiger partial charge in [0.15, 0.2) is 5.82 Å². The summed E-state index contributed by atoms with van der Waals surface area (Å²) in [6, 6.07) is 0. The van der Waals surface area contributed by atoms with E-state index in [4.69, 9.17) is 4.52 Å². The van der Waals surface area contributed by atoms with Crippen LogP contribution in [0.3, 0.4) is 0 Å². The highest BCUT2D eigenvalue weighted by molar-refractivity contribution is 7.84. The summed E-state index contributed by atoms with van der Waals surface area (Å²) in [4.78, 5) is 4.17. The number of aromatic nitrogens is 2. The van der Waals surface area contributed by atoms with Crippen molar-refractivity contribution >= 4 is 10.8 Å². The lowest BCUT2D eigenvalue weighted by Gasteiger charge is -2.06. The molecule has 0 bridgehead atoms. The lowest BCUT2D eigenvalue weighted by molar-refractivity contribution is 0.384. The van der Waals surface area contributed by atoms with Crippen molar-refractivity contribution in [3.8, 4) is 0 Å². The Hall–Kier alpha value is -0.710. The van der Waals surface area contributed by atoms with Crippen LogP contribution in [0.5, 0.6) is 0 Å². The van der Waals surface area contributed by atoms with Crippen LogP contribution >= 0.6 is 0 Å². The molecule has 1 heterocycles. The zero-order chi connectivity index (χ0) is 11.4. The molecular formula is C11H18N2O2S. The highest BCUT2D eigenvalue weighted by Crippen LogP contribution is 2.25. The molecule has 1 fully saturated rings. The Morgan fingerprint density at radius 2 is 2.19 bits per heavy atom. The van der Waals surface area contributed by atoms with Gasteiger partial charge in [-0.3, -0.25) is 4.21 Å². The Morgan fingerprint density at radius 1 is 1.44 bits per heavy atom. The van der Waals surface area contributed by atoms with E-state index in [0.29, 0.717) is 23.4 Å². The molecule has 1 unspecified atom stereocenters. The maximum absolute atomic E-state index is 11.8. The topological polar surface area (TPSA) is 56.0 Å². The van der Waals surface area contributed by atoms with E-state index < -0.39 is 10.8 Å². The van der Waals surface area contributed by atoms with Gasteiger partial charge in [0, 0.05) is 23.0 Å². The van der Waals surface area contributed by atoms with E-state index in [1.54, 1.807) is 0 Å². The van der Waals surface area contributed by atoms with Crippen LogP contribution in [0.2, 0.25) is 0 Å². The van der Waals surface area contributed by atoms with Gasteiger partial charge in [0.1, 0.15) is 5.75 Å². The Morgan fingerprint density at radius 3 is 2.81 bits per heavy atom. The summed E-state index contributed by atoms with van der Waals surface area (Å²) in [6.07, 6.45) is 5.81. The van der Waals surface area contributed by atoms with E-state index in [9.17, 15) is 4.21 Å². The predicted molar refractivity (Wildman–Crippen MR) is 62.3 cm³/mol. The molecule has 90 valence electrons. The molecule has 0 radical (unpaired) electrons. The number of nitrogens with zero attached hydrogens (tertiary/aromatic N) is 2. The molecule has 0 aliphatic heterocycles. The van der Waals surface area contributed by atoms with Gasteiger partial charge in [-0.15, -0.1) is 0 Å². The van der Waals surface area contributed by atoms with Crippen molar-refractivity contribution in [3.63, 3.8) is 0 Å². The molecule has 0 N–H and O–H groups in total. The molecule has 0 aromatic carbocycles. The first-order valence-electron chi connectivity index (χ1n) is 5.94. The Bertz CT molecular complexity index is 359. The van der Waals surface area contributed by atoms with Gasteiger partial charge in [-0.25, -0.2) is 0 Å². The average molecular weight is 242 g/mol. The second kappa shape index (κ2) is 5.57. The standard InChI is InChI=1S/C11H18N2O2S/c1-2-10-12-11(15-13-10)8-16(14)7-9-5-3-4-6-9/h9H,2-8H2,1H3. The van der Waals surface area contributed by atoms with E-state index in [2.05, 4.69) is 10.1 Å². The van der Waals surface area contributed by atoms with Crippen LogP contribution in [0.15, 0.2) is 4.52 Å². The van der Waals surface area contributed by atoms with Gasteiger partial charge in [-0.1, -0.05) is 24.9 Å². The Kier molecular flexibility index (Phi) is 4.09. The van der Waals surface area contributed by atoms with Crippen molar-refractivity contribution in [2.24, 2.45) is 5.92 Å². The fourth-order valence-corrected chi connectivity index (χ4v) is 3.50. The van der Waals surface area contributed by atoms with E-state index in [1.807, 2.05) is 6.92 Å². The third kappa shape index (κ3) is 3.14. The fourth-order valence-electron chi connectivity index (χ4n) is 2.13. The average Bonchev–Trinajstić information content (AvgIpc) is 2.89. The molecule has 0 saturated heterocycles. The van der Waals surface area contributed by atoms with E-state index in [0.717, 1.165) is 12.2 Å². The first-order valence-corrected chi connectivity index (χ1v) is 7.43. The third-order valence-corrected chi connectivity index (χ3v) is 4.42. The summed E-state index contributed by atoms with van der Waals surface area (Å²) < 4.78 is 16.9. The van der Waals surface area contributed by atoms with Crippen molar-refractivity contribution < 1.29 is 8.73 Å². The van der Waals surface area contributed by atoms with Crippen LogP contribution < -0.4 is 0 Å². The van der Waals surface area contributed by atoms with E-state index in [1.165, 1.54) is 25.7 Å². The largest absolute Gasteiger partial charge is 0.338 e. The first-order chi connectivity index (χ1) is 7.78. The molecule has 1 saturated carbocycles. The van der Waals surface area contributed by atoms with Gasteiger partial charge >= 0.3 is 0 Å². The molecule has 5 heteroatoms. The highest BCUT2D eigenvalue weighted by Gasteiger charge is 2.19. The number of aryl methyl sites for hydroxylation is 1. The molecule has 16 heavy (non-hydrogen) atoms. The molecule has 0 amide bonds. The molecule has 4 nitrogen and oxygen atoms in total. The first kappa shape index (κ1) is 11.8. The van der Waals surface area contributed by atoms with Gasteiger partial charge in [-0.2, -0.15) is 4.98 Å². The number of hydrogen-bond acceptors (Lipinski definition) is 4. The van der Waals surface area contributed by atoms with E-state index in [-0.39, 0.29) is 0 Å². The second-order valence-corrected chi connectivity index (χ2v) is 5.86. The van der Waals surface area contributed by atoms with Gasteiger partial charge in [0.25, 0.3) is 0 Å². The minimum absolute atomic E-state index is 0.420. The molecule has 0 spiro atoms. The molecule has 1 aliphatic rings. The molecule has 1 aromatic heterocycles. The Labute approximate surface area is 98.3 Å². The zero-order valence-corrected chi connectivity index (χ0v) is 10.5. The van der Waals surface area contributed by atoms with E-state index >= 15 is 0 Å². The lowest BCUT2D eigenvalue weighted by atomic mass is 10.1. The summed E-state index contributed by atoms with van der Waals surface area (Å²) in [6.45, 7) is 1.98. The summed E-state index contributed by atoms with van der Waals surface area (Å²) in [7, 11) is -0.846. The molecule has 1 aromatic rings. The van der Waals surface area contributed by atoms with Crippen molar-refractivity contribution in [1.82, 2.24) is 10.1 Å². The minimum atomic E-state index is -0.846. The fraction of sp³-hybridized carbons (Fsp3) is 0.818. The number of rotatable bonds is 5. The zero-order valence-electron chi connectivity index (χ0n) is 9.65. The van der Waals surface area contributed by atoms with Gasteiger partial charge in [0.05, 0.1) is 0 Å². The van der Waals surface area contributed by atoms with Crippen molar-refractivity contribution in [3.05, 3.63) is 11.7 Å². The van der Waals surface area contributed by atoms with Crippen LogP contribution in [0.4, 0.5) is 0 Å². The minimum Gasteiger partial charge on any atom is -0.338 e. The second-order valence-electron chi connectivity index (χ2n) is 4.36. The summed E-state index contributed by atoms with van der Waals surface area (Å²) >= 11 is 0. The maximum Gasteiger partial charge on any atom is 0.239 e. The molecule has 1 aliphatic carbocycles. The molecule has 2 rings (SSSR count). The maximum atomic E-state index is 11.8. The van der Waals surface area contributed by atoms with Crippen LogP contribution in [-0.4, -0.2) is 20.1 Å². The van der Waals surface area contributed by atoms with Gasteiger partial charge < -0.3 is 4.52 Å². The quantitative estimate of drug-likeness (QED) is 0.793. The SMILES string of the molecule is CCc1noc(CS(=O)CC2CCCC2)n1. The van der Waals surface area contributed by atoms with Crippen LogP contribution in [-0.2, 0) is 23.0 Å². The number of hydrogen-bond donors (Lipinski definition) is 0. The molecule has 1 atom stereocenters. The van der Waals surface area contributed by atoms with Crippen LogP contribution in [0.1, 0.15) is 44.3 Å². The highest BCUT2D eigenvalue weighted by atomic mass is 32.2. The molecular weight excluding hydrogens is 224 g/mol. The van der Waals surface area contributed by atoms with Gasteiger partial charge in [0.2, 0.25) is 5.89 Å². The lowest BCUT2D eigenvalue weighted by Crippen LogP contribution is -2.09. The third-order valence-electron chi connectivity index (χ3n) is 3.01. The summed E-state index contributed by atoms with van der Waals surface area (Å²) in [5.41, 5.74) is 0. The Balaban J connectivity index is 1.81. The normalized spacial score (nSPS) is 19.1. The van der Waals surface area contributed by atoms with Gasteiger partial charge in [-0.05, 0) is 18.8 Å². The smallest absolute Gasteiger partial charge is 0.239 e. The summed E-state index contributed by atoms with van der Waals surface area (Å²) in [5, 5.41) is 3.80. The van der Waals surface area contributed by atoms with Crippen molar-refractivity contribution in [2.75, 3.05) is 5.75 Å². The van der Waals surface area contributed by atoms with Crippen LogP contribution in [0, 0.1) is 5.92 Å². The monoisotopic (exact) mass is 242 g/mol.